The number of aromatic nitrogens is 1. The van der Waals surface area contributed by atoms with Crippen molar-refractivity contribution in [2.24, 2.45) is 0 Å². The van der Waals surface area contributed by atoms with E-state index in [1.54, 1.807) is 5.38 Å². The summed E-state index contributed by atoms with van der Waals surface area (Å²) in [7, 11) is 0. The molecule has 0 aliphatic carbocycles. The van der Waals surface area contributed by atoms with Gasteiger partial charge in [-0.3, -0.25) is 4.79 Å². The average Bonchev–Trinajstić information content (AvgIpc) is 2.48. The van der Waals surface area contributed by atoms with Crippen LogP contribution in [0.5, 0.6) is 0 Å². The number of carboxylic acid groups (broad SMARTS) is 1. The maximum absolute atomic E-state index is 10.2. The molecular weight excluding hydrogens is 178 g/mol. The molecule has 1 aromatic rings. The molecule has 1 N–H and O–H groups in total. The van der Waals surface area contributed by atoms with E-state index in [4.69, 9.17) is 5.11 Å². The second-order valence-corrected chi connectivity index (χ2v) is 2.79. The van der Waals surface area contributed by atoms with E-state index in [9.17, 15) is 9.59 Å². The van der Waals surface area contributed by atoms with E-state index >= 15 is 0 Å². The summed E-state index contributed by atoms with van der Waals surface area (Å²) in [6.07, 6.45) is 2.95. The van der Waals surface area contributed by atoms with Crippen LogP contribution in [-0.4, -0.2) is 22.3 Å². The monoisotopic (exact) mass is 183 g/mol. The van der Waals surface area contributed by atoms with Crippen molar-refractivity contribution in [3.8, 4) is 0 Å². The van der Waals surface area contributed by atoms with E-state index in [1.165, 1.54) is 17.4 Å². The van der Waals surface area contributed by atoms with E-state index in [0.29, 0.717) is 17.0 Å². The molecule has 0 amide bonds. The molecular formula is C7H5NO3S. The summed E-state index contributed by atoms with van der Waals surface area (Å²) in [6.45, 7) is 0. The molecule has 62 valence electrons. The Labute approximate surface area is 72.2 Å². The first-order valence-corrected chi connectivity index (χ1v) is 3.92. The Balaban J connectivity index is 2.76. The summed E-state index contributed by atoms with van der Waals surface area (Å²) >= 11 is 1.22. The maximum atomic E-state index is 10.2. The van der Waals surface area contributed by atoms with Crippen LogP contribution >= 0.6 is 11.3 Å². The summed E-state index contributed by atoms with van der Waals surface area (Å²) < 4.78 is 0. The molecule has 1 heterocycles. The smallest absolute Gasteiger partial charge is 0.328 e. The number of hydrogen-bond donors (Lipinski definition) is 1. The Hall–Kier alpha value is -1.49. The summed E-state index contributed by atoms with van der Waals surface area (Å²) in [5.41, 5.74) is 0.324. The highest BCUT2D eigenvalue weighted by Gasteiger charge is 1.96. The molecule has 0 saturated carbocycles. The highest BCUT2D eigenvalue weighted by atomic mass is 32.1. The number of carboxylic acids is 1. The molecule has 0 saturated heterocycles. The Kier molecular flexibility index (Phi) is 2.71. The standard InChI is InChI=1S/C7H5NO3S/c9-3-5-4-12-6(8-5)1-2-7(10)11/h1-4H,(H,10,11). The van der Waals surface area contributed by atoms with Crippen LogP contribution in [0.3, 0.4) is 0 Å². The number of thiazole rings is 1. The van der Waals surface area contributed by atoms with Crippen molar-refractivity contribution < 1.29 is 14.7 Å². The van der Waals surface area contributed by atoms with Crippen molar-refractivity contribution >= 4 is 29.7 Å². The zero-order valence-corrected chi connectivity index (χ0v) is 6.75. The van der Waals surface area contributed by atoms with Crippen LogP contribution in [0.25, 0.3) is 6.08 Å². The van der Waals surface area contributed by atoms with E-state index in [1.807, 2.05) is 0 Å². The Morgan fingerprint density at radius 2 is 2.42 bits per heavy atom. The van der Waals surface area contributed by atoms with Gasteiger partial charge in [-0.05, 0) is 6.08 Å². The molecule has 0 atom stereocenters. The first kappa shape index (κ1) is 8.61. The molecule has 0 fully saturated rings. The van der Waals surface area contributed by atoms with Gasteiger partial charge >= 0.3 is 5.97 Å². The van der Waals surface area contributed by atoms with Gasteiger partial charge in [-0.2, -0.15) is 0 Å². The Bertz CT molecular complexity index is 329. The van der Waals surface area contributed by atoms with Gasteiger partial charge in [0.2, 0.25) is 0 Å². The zero-order chi connectivity index (χ0) is 8.97. The molecule has 0 unspecified atom stereocenters. The molecule has 4 nitrogen and oxygen atoms in total. The first-order valence-electron chi connectivity index (χ1n) is 3.04. The highest BCUT2D eigenvalue weighted by Crippen LogP contribution is 2.09. The van der Waals surface area contributed by atoms with E-state index in [-0.39, 0.29) is 0 Å². The number of hydrogen-bond acceptors (Lipinski definition) is 4. The van der Waals surface area contributed by atoms with Crippen LogP contribution in [0.2, 0.25) is 0 Å². The fourth-order valence-electron chi connectivity index (χ4n) is 0.574. The van der Waals surface area contributed by atoms with Crippen molar-refractivity contribution in [2.75, 3.05) is 0 Å². The van der Waals surface area contributed by atoms with Gasteiger partial charge in [0.05, 0.1) is 0 Å². The molecule has 0 aliphatic heterocycles. The largest absolute Gasteiger partial charge is 0.478 e. The van der Waals surface area contributed by atoms with Gasteiger partial charge in [0, 0.05) is 11.5 Å². The van der Waals surface area contributed by atoms with E-state index in [2.05, 4.69) is 4.98 Å². The average molecular weight is 183 g/mol. The van der Waals surface area contributed by atoms with Crippen molar-refractivity contribution in [1.29, 1.82) is 0 Å². The van der Waals surface area contributed by atoms with Gasteiger partial charge < -0.3 is 5.11 Å². The van der Waals surface area contributed by atoms with Gasteiger partial charge in [0.25, 0.3) is 0 Å². The third kappa shape index (κ3) is 2.28. The zero-order valence-electron chi connectivity index (χ0n) is 5.93. The maximum Gasteiger partial charge on any atom is 0.328 e. The predicted molar refractivity (Wildman–Crippen MR) is 44.2 cm³/mol. The topological polar surface area (TPSA) is 67.3 Å². The second-order valence-electron chi connectivity index (χ2n) is 1.90. The summed E-state index contributed by atoms with van der Waals surface area (Å²) in [4.78, 5) is 24.0. The van der Waals surface area contributed by atoms with Gasteiger partial charge in [-0.25, -0.2) is 9.78 Å². The number of rotatable bonds is 3. The Morgan fingerprint density at radius 1 is 1.67 bits per heavy atom. The molecule has 0 radical (unpaired) electrons. The number of carbonyl (C=O) groups excluding carboxylic acids is 1. The fraction of sp³-hybridized carbons (Fsp3) is 0. The third-order valence-electron chi connectivity index (χ3n) is 1.03. The minimum absolute atomic E-state index is 0.324. The number of aldehydes is 1. The van der Waals surface area contributed by atoms with Gasteiger partial charge in [0.15, 0.2) is 6.29 Å². The first-order chi connectivity index (χ1) is 5.72. The van der Waals surface area contributed by atoms with Crippen LogP contribution < -0.4 is 0 Å². The molecule has 1 aromatic heterocycles. The molecule has 5 heteroatoms. The van der Waals surface area contributed by atoms with Crippen molar-refractivity contribution in [3.05, 3.63) is 22.2 Å². The molecule has 0 spiro atoms. The molecule has 0 aliphatic rings. The van der Waals surface area contributed by atoms with Crippen LogP contribution in [0.15, 0.2) is 11.5 Å². The van der Waals surface area contributed by atoms with Crippen molar-refractivity contribution in [3.63, 3.8) is 0 Å². The normalized spacial score (nSPS) is 10.3. The van der Waals surface area contributed by atoms with E-state index in [0.717, 1.165) is 6.08 Å². The number of nitrogens with zero attached hydrogens (tertiary/aromatic N) is 1. The lowest BCUT2D eigenvalue weighted by Crippen LogP contribution is -1.85. The Morgan fingerprint density at radius 3 is 2.92 bits per heavy atom. The lowest BCUT2D eigenvalue weighted by molar-refractivity contribution is -0.131. The van der Waals surface area contributed by atoms with Crippen LogP contribution in [0.4, 0.5) is 0 Å². The minimum Gasteiger partial charge on any atom is -0.478 e. The van der Waals surface area contributed by atoms with Crippen molar-refractivity contribution in [2.45, 2.75) is 0 Å². The van der Waals surface area contributed by atoms with Gasteiger partial charge in [-0.15, -0.1) is 11.3 Å². The minimum atomic E-state index is -1.03. The van der Waals surface area contributed by atoms with Gasteiger partial charge in [-0.1, -0.05) is 0 Å². The predicted octanol–water partition coefficient (Wildman–Crippen LogP) is 1.05. The molecule has 0 aromatic carbocycles. The quantitative estimate of drug-likeness (QED) is 0.561. The third-order valence-corrected chi connectivity index (χ3v) is 1.86. The summed E-state index contributed by atoms with van der Waals surface area (Å²) in [6, 6.07) is 0. The van der Waals surface area contributed by atoms with Crippen LogP contribution in [-0.2, 0) is 4.79 Å². The molecule has 0 bridgehead atoms. The number of aliphatic carboxylic acids is 1. The highest BCUT2D eigenvalue weighted by molar-refractivity contribution is 7.10. The van der Waals surface area contributed by atoms with Gasteiger partial charge in [0.1, 0.15) is 10.7 Å². The van der Waals surface area contributed by atoms with E-state index < -0.39 is 5.97 Å². The molecule has 1 rings (SSSR count). The molecule has 12 heavy (non-hydrogen) atoms. The van der Waals surface area contributed by atoms with Crippen LogP contribution in [0, 0.1) is 0 Å². The SMILES string of the molecule is O=Cc1csc(C=CC(=O)O)n1. The summed E-state index contributed by atoms with van der Waals surface area (Å²) in [5.74, 6) is -1.03. The van der Waals surface area contributed by atoms with Crippen molar-refractivity contribution in [1.82, 2.24) is 4.98 Å². The lowest BCUT2D eigenvalue weighted by atomic mass is 10.5. The lowest BCUT2D eigenvalue weighted by Gasteiger charge is -1.78. The second kappa shape index (κ2) is 3.77. The fourth-order valence-corrected chi connectivity index (χ4v) is 1.23. The van der Waals surface area contributed by atoms with Crippen LogP contribution in [0.1, 0.15) is 15.5 Å². The summed E-state index contributed by atoms with van der Waals surface area (Å²) in [5, 5.41) is 10.3. The number of carbonyl (C=O) groups is 2.